The summed E-state index contributed by atoms with van der Waals surface area (Å²) in [7, 11) is 2.18. The lowest BCUT2D eigenvalue weighted by atomic mass is 9.86. The Morgan fingerprint density at radius 2 is 2.00 bits per heavy atom. The number of aryl methyl sites for hydroxylation is 1. The van der Waals surface area contributed by atoms with E-state index >= 15 is 0 Å². The van der Waals surface area contributed by atoms with Crippen molar-refractivity contribution < 1.29 is 9.59 Å². The molecule has 2 fully saturated rings. The Morgan fingerprint density at radius 1 is 1.14 bits per heavy atom. The fourth-order valence-corrected chi connectivity index (χ4v) is 5.05. The molecule has 2 saturated heterocycles. The number of carbonyl (C=O) groups excluding carboxylic acids is 2. The van der Waals surface area contributed by atoms with Crippen molar-refractivity contribution in [1.82, 2.24) is 15.1 Å². The van der Waals surface area contributed by atoms with Crippen molar-refractivity contribution in [3.8, 4) is 0 Å². The molecule has 1 aromatic carbocycles. The Morgan fingerprint density at radius 3 is 2.89 bits per heavy atom. The van der Waals surface area contributed by atoms with E-state index in [1.807, 2.05) is 11.0 Å². The van der Waals surface area contributed by atoms with Gasteiger partial charge in [0.05, 0.1) is 0 Å². The van der Waals surface area contributed by atoms with Crippen LogP contribution in [0.4, 0.5) is 5.69 Å². The molecule has 3 heterocycles. The summed E-state index contributed by atoms with van der Waals surface area (Å²) in [6.07, 6.45) is 5.15. The number of piperazine rings is 1. The van der Waals surface area contributed by atoms with Crippen LogP contribution in [-0.2, 0) is 16.0 Å². The average molecular weight is 385 g/mol. The number of nitrogens with one attached hydrogen (secondary N) is 1. The van der Waals surface area contributed by atoms with Gasteiger partial charge in [0.1, 0.15) is 0 Å². The number of fused-ring (bicyclic) bond motifs is 1. The van der Waals surface area contributed by atoms with E-state index in [-0.39, 0.29) is 17.4 Å². The summed E-state index contributed by atoms with van der Waals surface area (Å²) >= 11 is 0. The Bertz CT molecular complexity index is 737. The fraction of sp³-hybridized carbons (Fsp3) is 0.636. The van der Waals surface area contributed by atoms with Crippen LogP contribution in [-0.4, -0.2) is 73.5 Å². The van der Waals surface area contributed by atoms with Crippen molar-refractivity contribution in [2.24, 2.45) is 0 Å². The Balaban J connectivity index is 1.37. The minimum atomic E-state index is 0.0538. The molecule has 0 radical (unpaired) electrons. The smallest absolute Gasteiger partial charge is 0.228 e. The molecule has 0 saturated carbocycles. The summed E-state index contributed by atoms with van der Waals surface area (Å²) < 4.78 is 0. The Labute approximate surface area is 167 Å². The highest BCUT2D eigenvalue weighted by atomic mass is 16.2. The normalized spacial score (nSPS) is 26.6. The SMILES string of the molecule is CN1CCN(CCC(=O)N2CCCc3ccccc32)CC12CCNC(=O)CC2. The third kappa shape index (κ3) is 3.94. The van der Waals surface area contributed by atoms with Gasteiger partial charge in [0.15, 0.2) is 0 Å². The molecule has 1 spiro atoms. The zero-order chi connectivity index (χ0) is 19.6. The van der Waals surface area contributed by atoms with Gasteiger partial charge in [-0.25, -0.2) is 0 Å². The second-order valence-electron chi connectivity index (χ2n) is 8.55. The van der Waals surface area contributed by atoms with E-state index in [0.29, 0.717) is 12.8 Å². The molecule has 0 aliphatic carbocycles. The zero-order valence-electron chi connectivity index (χ0n) is 17.0. The number of benzene rings is 1. The molecular formula is C22H32N4O2. The first-order chi connectivity index (χ1) is 13.6. The first kappa shape index (κ1) is 19.4. The van der Waals surface area contributed by atoms with Gasteiger partial charge in [-0.15, -0.1) is 0 Å². The molecule has 1 aromatic rings. The van der Waals surface area contributed by atoms with Crippen molar-refractivity contribution in [1.29, 1.82) is 0 Å². The van der Waals surface area contributed by atoms with Crippen LogP contribution in [0.3, 0.4) is 0 Å². The van der Waals surface area contributed by atoms with E-state index in [1.165, 1.54) is 5.56 Å². The van der Waals surface area contributed by atoms with Crippen LogP contribution < -0.4 is 10.2 Å². The first-order valence-electron chi connectivity index (χ1n) is 10.7. The Hall–Kier alpha value is -1.92. The molecule has 3 aliphatic heterocycles. The molecular weight excluding hydrogens is 352 g/mol. The molecule has 1 atom stereocenters. The van der Waals surface area contributed by atoms with Gasteiger partial charge in [-0.2, -0.15) is 0 Å². The van der Waals surface area contributed by atoms with Crippen LogP contribution in [0, 0.1) is 0 Å². The maximum atomic E-state index is 13.0. The number of anilines is 1. The van der Waals surface area contributed by atoms with E-state index < -0.39 is 0 Å². The van der Waals surface area contributed by atoms with Crippen LogP contribution in [0.15, 0.2) is 24.3 Å². The van der Waals surface area contributed by atoms with Gasteiger partial charge < -0.3 is 10.2 Å². The molecule has 1 unspecified atom stereocenters. The van der Waals surface area contributed by atoms with E-state index in [0.717, 1.165) is 70.6 Å². The molecule has 28 heavy (non-hydrogen) atoms. The third-order valence-electron chi connectivity index (χ3n) is 6.86. The molecule has 6 heteroatoms. The van der Waals surface area contributed by atoms with Crippen molar-refractivity contribution >= 4 is 17.5 Å². The van der Waals surface area contributed by atoms with Gasteiger partial charge in [-0.05, 0) is 44.4 Å². The molecule has 1 N–H and O–H groups in total. The zero-order valence-corrected chi connectivity index (χ0v) is 17.0. The van der Waals surface area contributed by atoms with E-state index in [1.54, 1.807) is 0 Å². The van der Waals surface area contributed by atoms with Crippen LogP contribution in [0.1, 0.15) is 37.7 Å². The average Bonchev–Trinajstić information content (AvgIpc) is 2.90. The van der Waals surface area contributed by atoms with Crippen molar-refractivity contribution in [3.05, 3.63) is 29.8 Å². The Kier molecular flexibility index (Phi) is 5.69. The molecule has 2 amide bonds. The topological polar surface area (TPSA) is 55.9 Å². The van der Waals surface area contributed by atoms with Crippen LogP contribution in [0.5, 0.6) is 0 Å². The lowest BCUT2D eigenvalue weighted by Gasteiger charge is -2.49. The van der Waals surface area contributed by atoms with Gasteiger partial charge in [0.25, 0.3) is 0 Å². The number of hydrogen-bond donors (Lipinski definition) is 1. The quantitative estimate of drug-likeness (QED) is 0.861. The summed E-state index contributed by atoms with van der Waals surface area (Å²) in [5.74, 6) is 0.402. The highest BCUT2D eigenvalue weighted by Gasteiger charge is 2.40. The number of rotatable bonds is 3. The largest absolute Gasteiger partial charge is 0.356 e. The monoisotopic (exact) mass is 384 g/mol. The first-order valence-corrected chi connectivity index (χ1v) is 10.7. The maximum Gasteiger partial charge on any atom is 0.228 e. The molecule has 152 valence electrons. The van der Waals surface area contributed by atoms with Crippen molar-refractivity contribution in [3.63, 3.8) is 0 Å². The number of carbonyl (C=O) groups is 2. The number of para-hydroxylation sites is 1. The minimum absolute atomic E-state index is 0.0538. The van der Waals surface area contributed by atoms with Gasteiger partial charge in [0, 0.05) is 63.3 Å². The standard InChI is InChI=1S/C22H32N4O2/c1-24-15-16-25(17-22(24)10-8-20(27)23-12-11-22)14-9-21(28)26-13-4-6-18-5-2-3-7-19(18)26/h2-3,5,7H,4,6,8-17H2,1H3,(H,23,27). The van der Waals surface area contributed by atoms with Crippen LogP contribution in [0.2, 0.25) is 0 Å². The fourth-order valence-electron chi connectivity index (χ4n) is 5.05. The van der Waals surface area contributed by atoms with Gasteiger partial charge >= 0.3 is 0 Å². The number of likely N-dealkylation sites (N-methyl/N-ethyl adjacent to an activating group) is 1. The highest BCUT2D eigenvalue weighted by Crippen LogP contribution is 2.31. The second kappa shape index (κ2) is 8.21. The lowest BCUT2D eigenvalue weighted by molar-refractivity contribution is -0.121. The summed E-state index contributed by atoms with van der Waals surface area (Å²) in [5, 5.41) is 3.01. The highest BCUT2D eigenvalue weighted by molar-refractivity contribution is 5.94. The summed E-state index contributed by atoms with van der Waals surface area (Å²) in [6, 6.07) is 8.30. The summed E-state index contributed by atoms with van der Waals surface area (Å²) in [6.45, 7) is 5.31. The molecule has 6 nitrogen and oxygen atoms in total. The predicted octanol–water partition coefficient (Wildman–Crippen LogP) is 1.64. The predicted molar refractivity (Wildman–Crippen MR) is 110 cm³/mol. The second-order valence-corrected chi connectivity index (χ2v) is 8.55. The summed E-state index contributed by atoms with van der Waals surface area (Å²) in [4.78, 5) is 31.6. The number of nitrogens with zero attached hydrogens (tertiary/aromatic N) is 3. The van der Waals surface area contributed by atoms with E-state index in [9.17, 15) is 9.59 Å². The maximum absolute atomic E-state index is 13.0. The van der Waals surface area contributed by atoms with Gasteiger partial charge in [-0.3, -0.25) is 19.4 Å². The van der Waals surface area contributed by atoms with E-state index in [4.69, 9.17) is 0 Å². The van der Waals surface area contributed by atoms with Crippen LogP contribution in [0.25, 0.3) is 0 Å². The minimum Gasteiger partial charge on any atom is -0.356 e. The molecule has 4 rings (SSSR count). The summed E-state index contributed by atoms with van der Waals surface area (Å²) in [5.41, 5.74) is 2.44. The molecule has 3 aliphatic rings. The number of hydrogen-bond acceptors (Lipinski definition) is 4. The lowest BCUT2D eigenvalue weighted by Crippen LogP contribution is -2.61. The van der Waals surface area contributed by atoms with Crippen molar-refractivity contribution in [2.75, 3.05) is 51.2 Å². The molecule has 0 bridgehead atoms. The van der Waals surface area contributed by atoms with Gasteiger partial charge in [0.2, 0.25) is 11.8 Å². The number of amides is 2. The van der Waals surface area contributed by atoms with E-state index in [2.05, 4.69) is 40.4 Å². The van der Waals surface area contributed by atoms with Crippen LogP contribution >= 0.6 is 0 Å². The van der Waals surface area contributed by atoms with Crippen molar-refractivity contribution in [2.45, 2.75) is 44.1 Å². The van der Waals surface area contributed by atoms with Gasteiger partial charge in [-0.1, -0.05) is 18.2 Å². The third-order valence-corrected chi connectivity index (χ3v) is 6.86. The molecule has 0 aromatic heterocycles.